The highest BCUT2D eigenvalue weighted by Gasteiger charge is 2.44. The van der Waals surface area contributed by atoms with E-state index in [0.717, 1.165) is 60.9 Å². The summed E-state index contributed by atoms with van der Waals surface area (Å²) in [5.74, 6) is 0.242. The second-order valence-corrected chi connectivity index (χ2v) is 6.34. The van der Waals surface area contributed by atoms with Crippen molar-refractivity contribution in [2.45, 2.75) is 33.1 Å². The number of halogens is 1. The summed E-state index contributed by atoms with van der Waals surface area (Å²) in [6.07, 6.45) is 4.68. The molecule has 2 fully saturated rings. The van der Waals surface area contributed by atoms with Crippen molar-refractivity contribution < 1.29 is 4.79 Å². The third kappa shape index (κ3) is 2.06. The molecule has 5 heteroatoms. The molecular weight excluding hydrogens is 274 g/mol. The van der Waals surface area contributed by atoms with Crippen LogP contribution in [0, 0.1) is 19.3 Å². The van der Waals surface area contributed by atoms with Crippen molar-refractivity contribution in [2.24, 2.45) is 5.41 Å². The Labute approximate surface area is 124 Å². The maximum atomic E-state index is 12.0. The Morgan fingerprint density at radius 1 is 1.30 bits per heavy atom. The largest absolute Gasteiger partial charge is 0.370 e. The van der Waals surface area contributed by atoms with Crippen LogP contribution < -0.4 is 10.2 Å². The van der Waals surface area contributed by atoms with Gasteiger partial charge in [0.25, 0.3) is 0 Å². The monoisotopic (exact) mass is 293 g/mol. The molecule has 2 aliphatic heterocycles. The number of rotatable bonds is 1. The highest BCUT2D eigenvalue weighted by molar-refractivity contribution is 6.34. The molecule has 3 rings (SSSR count). The van der Waals surface area contributed by atoms with Crippen LogP contribution in [0.15, 0.2) is 6.20 Å². The van der Waals surface area contributed by atoms with E-state index in [-0.39, 0.29) is 11.3 Å². The van der Waals surface area contributed by atoms with E-state index >= 15 is 0 Å². The van der Waals surface area contributed by atoms with Crippen LogP contribution in [-0.2, 0) is 4.79 Å². The van der Waals surface area contributed by atoms with Gasteiger partial charge in [0.2, 0.25) is 5.91 Å². The van der Waals surface area contributed by atoms with Gasteiger partial charge in [-0.3, -0.25) is 9.78 Å². The first kappa shape index (κ1) is 13.7. The van der Waals surface area contributed by atoms with Crippen molar-refractivity contribution in [1.82, 2.24) is 10.3 Å². The molecule has 0 atom stereocenters. The summed E-state index contributed by atoms with van der Waals surface area (Å²) in [6, 6.07) is 0. The van der Waals surface area contributed by atoms with E-state index in [9.17, 15) is 4.79 Å². The zero-order valence-corrected chi connectivity index (χ0v) is 12.8. The van der Waals surface area contributed by atoms with Gasteiger partial charge in [-0.25, -0.2) is 0 Å². The Hall–Kier alpha value is -1.29. The first-order valence-corrected chi connectivity index (χ1v) is 7.56. The van der Waals surface area contributed by atoms with Gasteiger partial charge in [0.05, 0.1) is 21.8 Å². The number of carbonyl (C=O) groups is 1. The van der Waals surface area contributed by atoms with Crippen LogP contribution in [0.4, 0.5) is 5.69 Å². The molecule has 2 aliphatic rings. The topological polar surface area (TPSA) is 45.2 Å². The number of carbonyl (C=O) groups excluding carboxylic acids is 1. The van der Waals surface area contributed by atoms with E-state index in [1.54, 1.807) is 0 Å². The van der Waals surface area contributed by atoms with Crippen molar-refractivity contribution >= 4 is 23.2 Å². The summed E-state index contributed by atoms with van der Waals surface area (Å²) in [6.45, 7) is 6.57. The maximum absolute atomic E-state index is 12.0. The lowest BCUT2D eigenvalue weighted by atomic mass is 9.77. The number of nitrogens with zero attached hydrogens (tertiary/aromatic N) is 2. The van der Waals surface area contributed by atoms with Crippen molar-refractivity contribution in [2.75, 3.05) is 24.5 Å². The molecule has 1 N–H and O–H groups in total. The second-order valence-electron chi connectivity index (χ2n) is 5.96. The van der Waals surface area contributed by atoms with E-state index < -0.39 is 0 Å². The molecular formula is C15H20ClN3O. The van der Waals surface area contributed by atoms with E-state index in [0.29, 0.717) is 0 Å². The number of piperidine rings is 1. The van der Waals surface area contributed by atoms with Crippen LogP contribution in [0.25, 0.3) is 0 Å². The normalized spacial score (nSPS) is 21.4. The van der Waals surface area contributed by atoms with E-state index in [2.05, 4.69) is 15.2 Å². The Kier molecular flexibility index (Phi) is 3.36. The summed E-state index contributed by atoms with van der Waals surface area (Å²) in [5.41, 5.74) is 2.94. The van der Waals surface area contributed by atoms with Crippen molar-refractivity contribution in [3.63, 3.8) is 0 Å². The molecule has 0 unspecified atom stereocenters. The third-order valence-electron chi connectivity index (χ3n) is 4.76. The van der Waals surface area contributed by atoms with E-state index in [1.165, 1.54) is 0 Å². The summed E-state index contributed by atoms with van der Waals surface area (Å²) >= 11 is 6.43. The van der Waals surface area contributed by atoms with Gasteiger partial charge < -0.3 is 10.2 Å². The predicted molar refractivity (Wildman–Crippen MR) is 80.2 cm³/mol. The fourth-order valence-electron chi connectivity index (χ4n) is 3.40. The van der Waals surface area contributed by atoms with Gasteiger partial charge in [0.15, 0.2) is 0 Å². The molecule has 1 spiro atoms. The Balaban J connectivity index is 1.82. The van der Waals surface area contributed by atoms with Gasteiger partial charge in [-0.1, -0.05) is 11.6 Å². The van der Waals surface area contributed by atoms with Crippen molar-refractivity contribution in [3.8, 4) is 0 Å². The zero-order chi connectivity index (χ0) is 14.3. The Morgan fingerprint density at radius 3 is 2.60 bits per heavy atom. The molecule has 20 heavy (non-hydrogen) atoms. The summed E-state index contributed by atoms with van der Waals surface area (Å²) in [7, 11) is 0. The number of amides is 1. The molecule has 0 radical (unpaired) electrons. The molecule has 1 aromatic heterocycles. The minimum Gasteiger partial charge on any atom is -0.370 e. The van der Waals surface area contributed by atoms with E-state index in [4.69, 9.17) is 11.6 Å². The predicted octanol–water partition coefficient (Wildman–Crippen LogP) is 2.46. The summed E-state index contributed by atoms with van der Waals surface area (Å²) < 4.78 is 0. The number of hydrogen-bond donors (Lipinski definition) is 1. The lowest BCUT2D eigenvalue weighted by Gasteiger charge is -2.39. The summed E-state index contributed by atoms with van der Waals surface area (Å²) in [4.78, 5) is 18.6. The molecule has 0 saturated carbocycles. The lowest BCUT2D eigenvalue weighted by Crippen LogP contribution is -2.44. The number of nitrogens with one attached hydrogen (secondary N) is 1. The average molecular weight is 294 g/mol. The Bertz CT molecular complexity index is 550. The fraction of sp³-hybridized carbons (Fsp3) is 0.600. The molecule has 0 bridgehead atoms. The van der Waals surface area contributed by atoms with Gasteiger partial charge in [0, 0.05) is 25.8 Å². The van der Waals surface area contributed by atoms with Crippen LogP contribution in [0.1, 0.15) is 30.5 Å². The zero-order valence-electron chi connectivity index (χ0n) is 12.0. The van der Waals surface area contributed by atoms with E-state index in [1.807, 2.05) is 20.0 Å². The first-order valence-electron chi connectivity index (χ1n) is 7.18. The number of aryl methyl sites for hydroxylation is 2. The SMILES string of the molecule is Cc1cnc(C)c(Cl)c1N1CCC2(CCNC2=O)CC1. The van der Waals surface area contributed by atoms with Crippen LogP contribution in [0.2, 0.25) is 5.02 Å². The minimum absolute atomic E-state index is 0.126. The van der Waals surface area contributed by atoms with Gasteiger partial charge in [-0.15, -0.1) is 0 Å². The number of pyridine rings is 1. The second kappa shape index (κ2) is 4.92. The Morgan fingerprint density at radius 2 is 2.00 bits per heavy atom. The highest BCUT2D eigenvalue weighted by Crippen LogP contribution is 2.41. The maximum Gasteiger partial charge on any atom is 0.226 e. The minimum atomic E-state index is -0.126. The van der Waals surface area contributed by atoms with Crippen LogP contribution in [0.3, 0.4) is 0 Å². The molecule has 108 valence electrons. The van der Waals surface area contributed by atoms with Gasteiger partial charge >= 0.3 is 0 Å². The first-order chi connectivity index (χ1) is 9.53. The number of anilines is 1. The van der Waals surface area contributed by atoms with Gasteiger partial charge in [0.1, 0.15) is 0 Å². The van der Waals surface area contributed by atoms with Crippen molar-refractivity contribution in [3.05, 3.63) is 22.5 Å². The van der Waals surface area contributed by atoms with Gasteiger partial charge in [-0.05, 0) is 38.7 Å². The lowest BCUT2D eigenvalue weighted by molar-refractivity contribution is -0.128. The molecule has 3 heterocycles. The molecule has 0 aliphatic carbocycles. The fourth-order valence-corrected chi connectivity index (χ4v) is 3.71. The molecule has 1 amide bonds. The number of hydrogen-bond acceptors (Lipinski definition) is 3. The smallest absolute Gasteiger partial charge is 0.226 e. The average Bonchev–Trinajstić information content (AvgIpc) is 2.78. The third-order valence-corrected chi connectivity index (χ3v) is 5.21. The number of aromatic nitrogens is 1. The summed E-state index contributed by atoms with van der Waals surface area (Å²) in [5, 5.41) is 3.72. The standard InChI is InChI=1S/C15H20ClN3O/c1-10-9-18-11(2)12(16)13(10)19-7-4-15(5-8-19)3-6-17-14(15)20/h9H,3-8H2,1-2H3,(H,17,20). The molecule has 4 nitrogen and oxygen atoms in total. The van der Waals surface area contributed by atoms with Crippen LogP contribution in [0.5, 0.6) is 0 Å². The van der Waals surface area contributed by atoms with Gasteiger partial charge in [-0.2, -0.15) is 0 Å². The van der Waals surface area contributed by atoms with Crippen LogP contribution >= 0.6 is 11.6 Å². The molecule has 0 aromatic carbocycles. The van der Waals surface area contributed by atoms with Crippen LogP contribution in [-0.4, -0.2) is 30.5 Å². The molecule has 1 aromatic rings. The highest BCUT2D eigenvalue weighted by atomic mass is 35.5. The van der Waals surface area contributed by atoms with Crippen molar-refractivity contribution in [1.29, 1.82) is 0 Å². The molecule has 2 saturated heterocycles. The quantitative estimate of drug-likeness (QED) is 0.865.